The van der Waals surface area contributed by atoms with E-state index in [1.165, 1.54) is 51.7 Å². The van der Waals surface area contributed by atoms with Crippen LogP contribution in [0.5, 0.6) is 0 Å². The second-order valence-electron chi connectivity index (χ2n) is 7.36. The van der Waals surface area contributed by atoms with Gasteiger partial charge in [0.05, 0.1) is 0 Å². The largest absolute Gasteiger partial charge is 0.311 e. The van der Waals surface area contributed by atoms with Gasteiger partial charge in [-0.3, -0.25) is 4.90 Å². The van der Waals surface area contributed by atoms with Crippen molar-refractivity contribution in [2.75, 3.05) is 19.6 Å². The van der Waals surface area contributed by atoms with E-state index >= 15 is 0 Å². The maximum Gasteiger partial charge on any atom is 0.0221 e. The Morgan fingerprint density at radius 3 is 2.83 bits per heavy atom. The molecule has 2 fully saturated rings. The molecule has 0 spiro atoms. The molecule has 2 rings (SSSR count). The molecule has 2 heteroatoms. The highest BCUT2D eigenvalue weighted by atomic mass is 15.2. The molecule has 0 aromatic heterocycles. The highest BCUT2D eigenvalue weighted by Crippen LogP contribution is 2.37. The van der Waals surface area contributed by atoms with Gasteiger partial charge in [-0.15, -0.1) is 0 Å². The lowest BCUT2D eigenvalue weighted by Crippen LogP contribution is -2.57. The first-order valence-electron chi connectivity index (χ1n) is 7.99. The Balaban J connectivity index is 1.92. The first-order chi connectivity index (χ1) is 8.52. The van der Waals surface area contributed by atoms with E-state index in [0.717, 1.165) is 12.0 Å². The van der Waals surface area contributed by atoms with Crippen molar-refractivity contribution in [2.45, 2.75) is 71.9 Å². The van der Waals surface area contributed by atoms with Gasteiger partial charge in [-0.2, -0.15) is 0 Å². The average Bonchev–Trinajstić information content (AvgIpc) is 2.37. The summed E-state index contributed by atoms with van der Waals surface area (Å²) in [5.41, 5.74) is 0.569. The Morgan fingerprint density at radius 2 is 2.17 bits per heavy atom. The summed E-state index contributed by atoms with van der Waals surface area (Å²) in [5.74, 6) is 0.810. The normalized spacial score (nSPS) is 35.3. The molecular weight excluding hydrogens is 220 g/mol. The van der Waals surface area contributed by atoms with Crippen molar-refractivity contribution >= 4 is 0 Å². The molecule has 0 radical (unpaired) electrons. The zero-order valence-electron chi connectivity index (χ0n) is 12.8. The predicted molar refractivity (Wildman–Crippen MR) is 78.9 cm³/mol. The van der Waals surface area contributed by atoms with Crippen LogP contribution in [0.2, 0.25) is 0 Å². The van der Waals surface area contributed by atoms with Gasteiger partial charge >= 0.3 is 0 Å². The Morgan fingerprint density at radius 1 is 1.39 bits per heavy atom. The van der Waals surface area contributed by atoms with Gasteiger partial charge < -0.3 is 5.32 Å². The summed E-state index contributed by atoms with van der Waals surface area (Å²) >= 11 is 0. The summed E-state index contributed by atoms with van der Waals surface area (Å²) < 4.78 is 0. The van der Waals surface area contributed by atoms with Crippen LogP contribution in [0.25, 0.3) is 0 Å². The topological polar surface area (TPSA) is 15.3 Å². The summed E-state index contributed by atoms with van der Waals surface area (Å²) in [6.07, 6.45) is 6.97. The summed E-state index contributed by atoms with van der Waals surface area (Å²) in [6, 6.07) is 1.57. The molecule has 1 saturated carbocycles. The van der Waals surface area contributed by atoms with Crippen LogP contribution in [0.15, 0.2) is 0 Å². The Labute approximate surface area is 114 Å². The number of nitrogens with zero attached hydrogens (tertiary/aromatic N) is 1. The van der Waals surface area contributed by atoms with Crippen molar-refractivity contribution in [1.82, 2.24) is 10.2 Å². The molecule has 1 heterocycles. The third kappa shape index (κ3) is 3.48. The fraction of sp³-hybridized carbons (Fsp3) is 1.00. The molecule has 3 atom stereocenters. The second kappa shape index (κ2) is 5.92. The van der Waals surface area contributed by atoms with Crippen molar-refractivity contribution in [2.24, 2.45) is 11.3 Å². The van der Waals surface area contributed by atoms with Gasteiger partial charge in [0.2, 0.25) is 0 Å². The van der Waals surface area contributed by atoms with Gasteiger partial charge in [0.25, 0.3) is 0 Å². The number of rotatable bonds is 3. The monoisotopic (exact) mass is 252 g/mol. The van der Waals surface area contributed by atoms with E-state index < -0.39 is 0 Å². The summed E-state index contributed by atoms with van der Waals surface area (Å²) in [5, 5.41) is 3.72. The maximum absolute atomic E-state index is 3.72. The van der Waals surface area contributed by atoms with Crippen LogP contribution in [0.3, 0.4) is 0 Å². The fourth-order valence-corrected chi connectivity index (χ4v) is 3.77. The minimum absolute atomic E-state index is 0.569. The molecule has 1 aliphatic carbocycles. The smallest absolute Gasteiger partial charge is 0.0221 e. The molecule has 2 aliphatic rings. The van der Waals surface area contributed by atoms with Crippen LogP contribution >= 0.6 is 0 Å². The predicted octanol–water partition coefficient (Wildman–Crippen LogP) is 3.28. The van der Waals surface area contributed by atoms with E-state index in [4.69, 9.17) is 0 Å². The highest BCUT2D eigenvalue weighted by Gasteiger charge is 2.34. The molecule has 1 saturated heterocycles. The summed E-state index contributed by atoms with van der Waals surface area (Å²) in [4.78, 5) is 2.79. The molecule has 2 nitrogen and oxygen atoms in total. The quantitative estimate of drug-likeness (QED) is 0.829. The van der Waals surface area contributed by atoms with Gasteiger partial charge in [-0.05, 0) is 30.6 Å². The van der Waals surface area contributed by atoms with Gasteiger partial charge in [0, 0.05) is 31.7 Å². The van der Waals surface area contributed by atoms with Crippen LogP contribution in [-0.4, -0.2) is 36.6 Å². The molecule has 106 valence electrons. The van der Waals surface area contributed by atoms with Crippen LogP contribution in [0, 0.1) is 11.3 Å². The maximum atomic E-state index is 3.72. The lowest BCUT2D eigenvalue weighted by atomic mass is 9.74. The summed E-state index contributed by atoms with van der Waals surface area (Å²) in [7, 11) is 0. The number of piperazine rings is 1. The standard InChI is InChI=1S/C16H32N2/c1-5-13(2)15-12-18(10-9-17-15)14-7-6-8-16(3,4)11-14/h13-15,17H,5-12H2,1-4H3. The molecule has 0 bridgehead atoms. The van der Waals surface area contributed by atoms with Gasteiger partial charge in [-0.25, -0.2) is 0 Å². The molecule has 0 amide bonds. The van der Waals surface area contributed by atoms with Crippen LogP contribution in [0.4, 0.5) is 0 Å². The Kier molecular flexibility index (Phi) is 4.71. The minimum Gasteiger partial charge on any atom is -0.311 e. The van der Waals surface area contributed by atoms with E-state index in [-0.39, 0.29) is 0 Å². The van der Waals surface area contributed by atoms with Gasteiger partial charge in [0.1, 0.15) is 0 Å². The van der Waals surface area contributed by atoms with E-state index in [0.29, 0.717) is 11.5 Å². The lowest BCUT2D eigenvalue weighted by molar-refractivity contribution is 0.0614. The van der Waals surface area contributed by atoms with Crippen LogP contribution < -0.4 is 5.32 Å². The molecule has 3 unspecified atom stereocenters. The number of hydrogen-bond donors (Lipinski definition) is 1. The van der Waals surface area contributed by atoms with Crippen molar-refractivity contribution in [3.63, 3.8) is 0 Å². The number of hydrogen-bond acceptors (Lipinski definition) is 2. The summed E-state index contributed by atoms with van der Waals surface area (Å²) in [6.45, 7) is 13.3. The molecule has 0 aromatic carbocycles. The molecular formula is C16H32N2. The third-order valence-corrected chi connectivity index (χ3v) is 5.26. The SMILES string of the molecule is CCC(C)C1CN(C2CCCC(C)(C)C2)CCN1. The van der Waals surface area contributed by atoms with Crippen LogP contribution in [0.1, 0.15) is 59.8 Å². The van der Waals surface area contributed by atoms with Crippen molar-refractivity contribution in [3.05, 3.63) is 0 Å². The van der Waals surface area contributed by atoms with E-state index in [1.54, 1.807) is 0 Å². The number of nitrogens with one attached hydrogen (secondary N) is 1. The van der Waals surface area contributed by atoms with E-state index in [1.807, 2.05) is 0 Å². The molecule has 1 aliphatic heterocycles. The third-order valence-electron chi connectivity index (χ3n) is 5.26. The molecule has 0 aromatic rings. The first-order valence-corrected chi connectivity index (χ1v) is 7.99. The van der Waals surface area contributed by atoms with Gasteiger partial charge in [0.15, 0.2) is 0 Å². The zero-order valence-corrected chi connectivity index (χ0v) is 12.8. The van der Waals surface area contributed by atoms with E-state index in [2.05, 4.69) is 37.9 Å². The van der Waals surface area contributed by atoms with Crippen molar-refractivity contribution < 1.29 is 0 Å². The highest BCUT2D eigenvalue weighted by molar-refractivity contribution is 4.90. The fourth-order valence-electron chi connectivity index (χ4n) is 3.77. The lowest BCUT2D eigenvalue weighted by Gasteiger charge is -2.45. The molecule has 1 N–H and O–H groups in total. The minimum atomic E-state index is 0.569. The second-order valence-corrected chi connectivity index (χ2v) is 7.36. The zero-order chi connectivity index (χ0) is 13.2. The van der Waals surface area contributed by atoms with Crippen molar-refractivity contribution in [3.8, 4) is 0 Å². The average molecular weight is 252 g/mol. The van der Waals surface area contributed by atoms with Crippen molar-refractivity contribution in [1.29, 1.82) is 0 Å². The Bertz CT molecular complexity index is 262. The van der Waals surface area contributed by atoms with E-state index in [9.17, 15) is 0 Å². The van der Waals surface area contributed by atoms with Crippen LogP contribution in [-0.2, 0) is 0 Å². The molecule has 18 heavy (non-hydrogen) atoms. The Hall–Kier alpha value is -0.0800. The van der Waals surface area contributed by atoms with Gasteiger partial charge in [-0.1, -0.05) is 40.5 Å². The first kappa shape index (κ1) is 14.3.